The number of hydrogen-bond acceptors (Lipinski definition) is 8. The van der Waals surface area contributed by atoms with Gasteiger partial charge in [0, 0.05) is 16.2 Å². The van der Waals surface area contributed by atoms with E-state index >= 15 is 0 Å². The van der Waals surface area contributed by atoms with E-state index in [2.05, 4.69) is 29.4 Å². The highest BCUT2D eigenvalue weighted by Gasteiger charge is 2.22. The summed E-state index contributed by atoms with van der Waals surface area (Å²) >= 11 is 4.65. The van der Waals surface area contributed by atoms with Gasteiger partial charge in [0.15, 0.2) is 0 Å². The van der Waals surface area contributed by atoms with E-state index in [4.69, 9.17) is 9.97 Å². The normalized spacial score (nSPS) is 15.1. The highest BCUT2D eigenvalue weighted by Crippen LogP contribution is 2.38. The number of anilines is 1. The number of rotatable bonds is 6. The van der Waals surface area contributed by atoms with Gasteiger partial charge in [-0.1, -0.05) is 49.3 Å². The van der Waals surface area contributed by atoms with Crippen molar-refractivity contribution in [3.8, 4) is 0 Å². The van der Waals surface area contributed by atoms with Gasteiger partial charge >= 0.3 is 0 Å². The standard InChI is InChI=1S/C20H25N5OS3/c1-4-15-24-25-20(29-15)21-14(26)10-27-18-16-11(2)12(3)28-19(16)23-17(22-18)13-8-6-5-7-9-13/h13H,4-10H2,1-3H3,(H,21,25,26). The molecule has 1 N–H and O–H groups in total. The zero-order valence-electron chi connectivity index (χ0n) is 16.9. The van der Waals surface area contributed by atoms with Crippen LogP contribution in [0.15, 0.2) is 5.03 Å². The number of thiophene rings is 1. The summed E-state index contributed by atoms with van der Waals surface area (Å²) in [5, 5.41) is 14.5. The van der Waals surface area contributed by atoms with Gasteiger partial charge in [-0.05, 0) is 38.7 Å². The van der Waals surface area contributed by atoms with Crippen molar-refractivity contribution < 1.29 is 4.79 Å². The summed E-state index contributed by atoms with van der Waals surface area (Å²) in [4.78, 5) is 24.7. The van der Waals surface area contributed by atoms with Gasteiger partial charge in [0.1, 0.15) is 20.7 Å². The van der Waals surface area contributed by atoms with E-state index < -0.39 is 0 Å². The summed E-state index contributed by atoms with van der Waals surface area (Å²) in [6, 6.07) is 0. The Hall–Kier alpha value is -1.58. The van der Waals surface area contributed by atoms with Crippen molar-refractivity contribution in [2.75, 3.05) is 11.1 Å². The van der Waals surface area contributed by atoms with Crippen LogP contribution in [0, 0.1) is 13.8 Å². The van der Waals surface area contributed by atoms with Gasteiger partial charge in [0.25, 0.3) is 0 Å². The minimum Gasteiger partial charge on any atom is -0.300 e. The summed E-state index contributed by atoms with van der Waals surface area (Å²) in [6.07, 6.45) is 6.96. The van der Waals surface area contributed by atoms with Crippen molar-refractivity contribution >= 4 is 55.7 Å². The summed E-state index contributed by atoms with van der Waals surface area (Å²) in [5.74, 6) is 1.62. The highest BCUT2D eigenvalue weighted by atomic mass is 32.2. The fraction of sp³-hybridized carbons (Fsp3) is 0.550. The fourth-order valence-corrected chi connectivity index (χ4v) is 6.30. The number of fused-ring (bicyclic) bond motifs is 1. The van der Waals surface area contributed by atoms with Crippen molar-refractivity contribution in [1.82, 2.24) is 20.2 Å². The molecule has 1 fully saturated rings. The Morgan fingerprint density at radius 3 is 2.66 bits per heavy atom. The number of thioether (sulfide) groups is 1. The lowest BCUT2D eigenvalue weighted by Gasteiger charge is -2.20. The number of carbonyl (C=O) groups excluding carboxylic acids is 1. The molecule has 1 aliphatic rings. The molecule has 29 heavy (non-hydrogen) atoms. The Kier molecular flexibility index (Phi) is 6.46. The molecule has 0 bridgehead atoms. The first-order valence-electron chi connectivity index (χ1n) is 10.1. The highest BCUT2D eigenvalue weighted by molar-refractivity contribution is 8.00. The average molecular weight is 448 g/mol. The third-order valence-electron chi connectivity index (χ3n) is 5.34. The first-order valence-corrected chi connectivity index (χ1v) is 12.7. The van der Waals surface area contributed by atoms with Gasteiger partial charge in [0.05, 0.1) is 5.75 Å². The average Bonchev–Trinajstić information content (AvgIpc) is 3.30. The van der Waals surface area contributed by atoms with Crippen LogP contribution in [0.5, 0.6) is 0 Å². The lowest BCUT2D eigenvalue weighted by molar-refractivity contribution is -0.113. The van der Waals surface area contributed by atoms with Crippen LogP contribution in [0.25, 0.3) is 10.2 Å². The number of aromatic nitrogens is 4. The molecule has 6 nitrogen and oxygen atoms in total. The Morgan fingerprint density at radius 1 is 1.14 bits per heavy atom. The SMILES string of the molecule is CCc1nnc(NC(=O)CSc2nc(C3CCCCC3)nc3sc(C)c(C)c23)s1. The molecule has 0 atom stereocenters. The second-order valence-corrected chi connectivity index (χ2v) is 10.6. The molecular formula is C20H25N5OS3. The number of nitrogens with zero attached hydrogens (tertiary/aromatic N) is 4. The lowest BCUT2D eigenvalue weighted by Crippen LogP contribution is -2.14. The third kappa shape index (κ3) is 4.62. The molecule has 1 saturated carbocycles. The third-order valence-corrected chi connectivity index (χ3v) is 8.40. The molecule has 0 saturated heterocycles. The van der Waals surface area contributed by atoms with Crippen molar-refractivity contribution in [3.05, 3.63) is 21.3 Å². The van der Waals surface area contributed by atoms with E-state index in [1.807, 2.05) is 6.92 Å². The molecule has 3 aromatic rings. The maximum absolute atomic E-state index is 12.5. The number of amides is 1. The van der Waals surface area contributed by atoms with Gasteiger partial charge in [-0.15, -0.1) is 21.5 Å². The van der Waals surface area contributed by atoms with Crippen molar-refractivity contribution in [2.24, 2.45) is 0 Å². The Labute approximate surface area is 183 Å². The smallest absolute Gasteiger partial charge is 0.236 e. The lowest BCUT2D eigenvalue weighted by atomic mass is 9.89. The zero-order chi connectivity index (χ0) is 20.4. The van der Waals surface area contributed by atoms with Gasteiger partial charge in [-0.3, -0.25) is 10.1 Å². The summed E-state index contributed by atoms with van der Waals surface area (Å²) in [5.41, 5.74) is 1.22. The van der Waals surface area contributed by atoms with Crippen LogP contribution in [-0.2, 0) is 11.2 Å². The van der Waals surface area contributed by atoms with Gasteiger partial charge < -0.3 is 0 Å². The summed E-state index contributed by atoms with van der Waals surface area (Å²) in [7, 11) is 0. The maximum Gasteiger partial charge on any atom is 0.236 e. The van der Waals surface area contributed by atoms with Crippen LogP contribution < -0.4 is 5.32 Å². The van der Waals surface area contributed by atoms with E-state index in [0.29, 0.717) is 16.8 Å². The predicted octanol–water partition coefficient (Wildman–Crippen LogP) is 5.50. The molecule has 9 heteroatoms. The molecular weight excluding hydrogens is 422 g/mol. The monoisotopic (exact) mass is 447 g/mol. The molecule has 0 unspecified atom stereocenters. The summed E-state index contributed by atoms with van der Waals surface area (Å²) < 4.78 is 0. The predicted molar refractivity (Wildman–Crippen MR) is 121 cm³/mol. The van der Waals surface area contributed by atoms with Crippen LogP contribution in [0.1, 0.15) is 66.2 Å². The van der Waals surface area contributed by atoms with Crippen LogP contribution >= 0.6 is 34.4 Å². The second-order valence-electron chi connectivity index (χ2n) is 7.38. The van der Waals surface area contributed by atoms with E-state index in [1.54, 1.807) is 11.3 Å². The van der Waals surface area contributed by atoms with Crippen molar-refractivity contribution in [3.63, 3.8) is 0 Å². The molecule has 154 valence electrons. The molecule has 0 aliphatic heterocycles. The minimum atomic E-state index is -0.0793. The van der Waals surface area contributed by atoms with Crippen LogP contribution in [0.3, 0.4) is 0 Å². The van der Waals surface area contributed by atoms with Gasteiger partial charge in [-0.2, -0.15) is 0 Å². The van der Waals surface area contributed by atoms with E-state index in [0.717, 1.165) is 45.3 Å². The largest absolute Gasteiger partial charge is 0.300 e. The van der Waals surface area contributed by atoms with Gasteiger partial charge in [-0.25, -0.2) is 9.97 Å². The van der Waals surface area contributed by atoms with E-state index in [1.165, 1.54) is 52.8 Å². The zero-order valence-corrected chi connectivity index (χ0v) is 19.4. The minimum absolute atomic E-state index is 0.0793. The summed E-state index contributed by atoms with van der Waals surface area (Å²) in [6.45, 7) is 6.27. The van der Waals surface area contributed by atoms with Crippen molar-refractivity contribution in [1.29, 1.82) is 0 Å². The van der Waals surface area contributed by atoms with Crippen LogP contribution in [0.4, 0.5) is 5.13 Å². The molecule has 1 aliphatic carbocycles. The molecule has 4 rings (SSSR count). The quantitative estimate of drug-likeness (QED) is 0.397. The van der Waals surface area contributed by atoms with Gasteiger partial charge in [0.2, 0.25) is 11.0 Å². The molecule has 3 heterocycles. The molecule has 1 amide bonds. The Bertz CT molecular complexity index is 1020. The van der Waals surface area contributed by atoms with Crippen LogP contribution in [-0.4, -0.2) is 31.8 Å². The van der Waals surface area contributed by atoms with E-state index in [9.17, 15) is 4.79 Å². The number of aryl methyl sites for hydroxylation is 3. The molecule has 0 spiro atoms. The molecule has 3 aromatic heterocycles. The van der Waals surface area contributed by atoms with Crippen LogP contribution in [0.2, 0.25) is 0 Å². The second kappa shape index (κ2) is 9.06. The first kappa shape index (κ1) is 20.7. The molecule has 0 aromatic carbocycles. The van der Waals surface area contributed by atoms with E-state index in [-0.39, 0.29) is 5.91 Å². The topological polar surface area (TPSA) is 80.7 Å². The number of nitrogens with one attached hydrogen (secondary N) is 1. The maximum atomic E-state index is 12.5. The van der Waals surface area contributed by atoms with Crippen molar-refractivity contribution in [2.45, 2.75) is 70.2 Å². The Balaban J connectivity index is 1.55. The fourth-order valence-electron chi connectivity index (χ4n) is 3.61. The first-order chi connectivity index (χ1) is 14.0. The number of carbonyl (C=O) groups is 1. The molecule has 0 radical (unpaired) electrons. The Morgan fingerprint density at radius 2 is 1.93 bits per heavy atom. The number of hydrogen-bond donors (Lipinski definition) is 1.